The number of ether oxygens (including phenoxy) is 3. The fraction of sp³-hybridized carbons (Fsp3) is 0.571. The summed E-state index contributed by atoms with van der Waals surface area (Å²) in [4.78, 5) is 22.2. The zero-order chi connectivity index (χ0) is 14.7. The van der Waals surface area contributed by atoms with Gasteiger partial charge in [0.05, 0.1) is 37.9 Å². The molecule has 0 spiro atoms. The molecule has 0 aliphatic carbocycles. The van der Waals surface area contributed by atoms with Crippen molar-refractivity contribution >= 4 is 11.9 Å². The van der Waals surface area contributed by atoms with Gasteiger partial charge in [-0.3, -0.25) is 0 Å². The van der Waals surface area contributed by atoms with Crippen LogP contribution in [0.15, 0.2) is 24.7 Å². The Hall–Kier alpha value is -1.78. The molecule has 0 unspecified atom stereocenters. The SMILES string of the molecule is CC(C)COC(=O)C=COC=CC(=O)OCC(C)C. The van der Waals surface area contributed by atoms with E-state index in [1.165, 1.54) is 0 Å². The van der Waals surface area contributed by atoms with Crippen LogP contribution in [-0.2, 0) is 23.8 Å². The zero-order valence-corrected chi connectivity index (χ0v) is 11.9. The number of carbonyl (C=O) groups excluding carboxylic acids is 2. The van der Waals surface area contributed by atoms with Crippen LogP contribution in [0.2, 0.25) is 0 Å². The lowest BCUT2D eigenvalue weighted by Gasteiger charge is -2.04. The van der Waals surface area contributed by atoms with Gasteiger partial charge in [-0.05, 0) is 11.8 Å². The number of hydrogen-bond donors (Lipinski definition) is 0. The molecule has 0 rings (SSSR count). The van der Waals surface area contributed by atoms with E-state index in [9.17, 15) is 9.59 Å². The maximum Gasteiger partial charge on any atom is 0.333 e. The molecule has 0 aliphatic rings. The lowest BCUT2D eigenvalue weighted by atomic mass is 10.2. The molecule has 0 saturated heterocycles. The van der Waals surface area contributed by atoms with Gasteiger partial charge in [-0.1, -0.05) is 27.7 Å². The molecule has 0 N–H and O–H groups in total. The molecule has 0 radical (unpaired) electrons. The highest BCUT2D eigenvalue weighted by molar-refractivity contribution is 5.82. The summed E-state index contributed by atoms with van der Waals surface area (Å²) in [5.74, 6) is -0.392. The molecule has 19 heavy (non-hydrogen) atoms. The average molecular weight is 270 g/mol. The number of hydrogen-bond acceptors (Lipinski definition) is 5. The van der Waals surface area contributed by atoms with Gasteiger partial charge in [0.25, 0.3) is 0 Å². The van der Waals surface area contributed by atoms with Crippen LogP contribution < -0.4 is 0 Å². The molecule has 0 aromatic heterocycles. The second kappa shape index (κ2) is 10.2. The van der Waals surface area contributed by atoms with Crippen molar-refractivity contribution in [2.45, 2.75) is 27.7 Å². The van der Waals surface area contributed by atoms with E-state index in [0.717, 1.165) is 24.7 Å². The lowest BCUT2D eigenvalue weighted by molar-refractivity contribution is -0.139. The fourth-order valence-electron chi connectivity index (χ4n) is 0.829. The van der Waals surface area contributed by atoms with E-state index in [1.54, 1.807) is 0 Å². The van der Waals surface area contributed by atoms with E-state index in [2.05, 4.69) is 0 Å². The molecule has 5 heteroatoms. The molecular formula is C14H22O5. The number of rotatable bonds is 8. The van der Waals surface area contributed by atoms with Gasteiger partial charge in [-0.2, -0.15) is 0 Å². The summed E-state index contributed by atoms with van der Waals surface area (Å²) in [5, 5.41) is 0. The van der Waals surface area contributed by atoms with E-state index in [-0.39, 0.29) is 11.8 Å². The van der Waals surface area contributed by atoms with E-state index < -0.39 is 11.9 Å². The van der Waals surface area contributed by atoms with Crippen LogP contribution in [0.4, 0.5) is 0 Å². The summed E-state index contributed by atoms with van der Waals surface area (Å²) in [7, 11) is 0. The largest absolute Gasteiger partial charge is 0.472 e. The Morgan fingerprint density at radius 2 is 1.21 bits per heavy atom. The summed E-state index contributed by atoms with van der Waals surface area (Å²) in [6, 6.07) is 0. The fourth-order valence-corrected chi connectivity index (χ4v) is 0.829. The number of esters is 2. The molecule has 0 atom stereocenters. The Morgan fingerprint density at radius 1 is 0.842 bits per heavy atom. The normalized spacial score (nSPS) is 11.5. The number of carbonyl (C=O) groups is 2. The highest BCUT2D eigenvalue weighted by Gasteiger charge is 2.00. The molecule has 0 fully saturated rings. The zero-order valence-electron chi connectivity index (χ0n) is 11.9. The van der Waals surface area contributed by atoms with E-state index in [1.807, 2.05) is 27.7 Å². The minimum absolute atomic E-state index is 0.286. The van der Waals surface area contributed by atoms with Gasteiger partial charge >= 0.3 is 11.9 Å². The van der Waals surface area contributed by atoms with Crippen LogP contribution >= 0.6 is 0 Å². The van der Waals surface area contributed by atoms with Crippen LogP contribution in [-0.4, -0.2) is 25.2 Å². The first-order valence-corrected chi connectivity index (χ1v) is 6.24. The van der Waals surface area contributed by atoms with Crippen molar-refractivity contribution in [2.75, 3.05) is 13.2 Å². The van der Waals surface area contributed by atoms with Crippen LogP contribution in [0.25, 0.3) is 0 Å². The smallest absolute Gasteiger partial charge is 0.333 e. The van der Waals surface area contributed by atoms with Gasteiger partial charge in [0.15, 0.2) is 0 Å². The van der Waals surface area contributed by atoms with Crippen LogP contribution in [0, 0.1) is 11.8 Å². The van der Waals surface area contributed by atoms with Crippen molar-refractivity contribution in [3.8, 4) is 0 Å². The predicted molar refractivity (Wildman–Crippen MR) is 71.0 cm³/mol. The van der Waals surface area contributed by atoms with Gasteiger partial charge in [-0.15, -0.1) is 0 Å². The van der Waals surface area contributed by atoms with Crippen molar-refractivity contribution < 1.29 is 23.8 Å². The highest BCUT2D eigenvalue weighted by Crippen LogP contribution is 1.95. The van der Waals surface area contributed by atoms with Crippen molar-refractivity contribution in [1.82, 2.24) is 0 Å². The van der Waals surface area contributed by atoms with Crippen molar-refractivity contribution in [2.24, 2.45) is 11.8 Å². The monoisotopic (exact) mass is 270 g/mol. The van der Waals surface area contributed by atoms with Gasteiger partial charge < -0.3 is 14.2 Å². The maximum absolute atomic E-state index is 11.1. The third kappa shape index (κ3) is 12.5. The minimum Gasteiger partial charge on any atom is -0.472 e. The predicted octanol–water partition coefficient (Wildman–Crippen LogP) is 2.43. The summed E-state index contributed by atoms with van der Waals surface area (Å²) in [6.45, 7) is 8.50. The Balaban J connectivity index is 3.76. The third-order valence-corrected chi connectivity index (χ3v) is 1.68. The first-order chi connectivity index (χ1) is 8.91. The van der Waals surface area contributed by atoms with E-state index >= 15 is 0 Å². The summed E-state index contributed by atoms with van der Waals surface area (Å²) >= 11 is 0. The Bertz CT molecular complexity index is 297. The molecule has 0 heterocycles. The molecule has 5 nitrogen and oxygen atoms in total. The third-order valence-electron chi connectivity index (χ3n) is 1.68. The topological polar surface area (TPSA) is 61.8 Å². The van der Waals surface area contributed by atoms with Crippen LogP contribution in [0.5, 0.6) is 0 Å². The Labute approximate surface area is 114 Å². The maximum atomic E-state index is 11.1. The highest BCUT2D eigenvalue weighted by atomic mass is 16.5. The van der Waals surface area contributed by atoms with Crippen molar-refractivity contribution in [3.63, 3.8) is 0 Å². The molecule has 0 saturated carbocycles. The summed E-state index contributed by atoms with van der Waals surface area (Å²) in [6.07, 6.45) is 4.59. The minimum atomic E-state index is -0.482. The first kappa shape index (κ1) is 17.2. The average Bonchev–Trinajstić information content (AvgIpc) is 2.33. The van der Waals surface area contributed by atoms with E-state index in [0.29, 0.717) is 13.2 Å². The van der Waals surface area contributed by atoms with Crippen LogP contribution in [0.1, 0.15) is 27.7 Å². The second-order valence-electron chi connectivity index (χ2n) is 4.79. The molecule has 0 amide bonds. The second-order valence-corrected chi connectivity index (χ2v) is 4.79. The standard InChI is InChI=1S/C14H22O5/c1-11(2)9-18-13(15)5-7-17-8-6-14(16)19-10-12(3)4/h5-8,11-12H,9-10H2,1-4H3. The molecule has 0 aromatic rings. The van der Waals surface area contributed by atoms with E-state index in [4.69, 9.17) is 14.2 Å². The van der Waals surface area contributed by atoms with Crippen LogP contribution in [0.3, 0.4) is 0 Å². The quantitative estimate of drug-likeness (QED) is 0.385. The summed E-state index contributed by atoms with van der Waals surface area (Å²) in [5.41, 5.74) is 0. The van der Waals surface area contributed by atoms with Crippen molar-refractivity contribution in [3.05, 3.63) is 24.7 Å². The molecule has 108 valence electrons. The molecule has 0 aliphatic heterocycles. The summed E-state index contributed by atoms with van der Waals surface area (Å²) < 4.78 is 14.6. The van der Waals surface area contributed by atoms with Gasteiger partial charge in [-0.25, -0.2) is 9.59 Å². The Kier molecular flexibility index (Phi) is 9.22. The molecule has 0 bridgehead atoms. The Morgan fingerprint density at radius 3 is 1.53 bits per heavy atom. The molecule has 0 aromatic carbocycles. The lowest BCUT2D eigenvalue weighted by Crippen LogP contribution is -2.07. The van der Waals surface area contributed by atoms with Crippen molar-refractivity contribution in [1.29, 1.82) is 0 Å². The van der Waals surface area contributed by atoms with Gasteiger partial charge in [0, 0.05) is 0 Å². The van der Waals surface area contributed by atoms with Gasteiger partial charge in [0.2, 0.25) is 0 Å². The molecular weight excluding hydrogens is 248 g/mol. The first-order valence-electron chi connectivity index (χ1n) is 6.24. The van der Waals surface area contributed by atoms with Gasteiger partial charge in [0.1, 0.15) is 0 Å².